The molecule has 1 aliphatic heterocycles. The topological polar surface area (TPSA) is 70.1 Å². The number of carbonyl (C=O) groups excluding carboxylic acids is 1. The van der Waals surface area contributed by atoms with E-state index in [1.165, 1.54) is 0 Å². The first-order valence-corrected chi connectivity index (χ1v) is 6.06. The number of halogens is 3. The second kappa shape index (κ2) is 6.29. The lowest BCUT2D eigenvalue weighted by molar-refractivity contribution is -0.144. The molecule has 2 amide bonds. The van der Waals surface area contributed by atoms with Gasteiger partial charge in [-0.2, -0.15) is 13.2 Å². The molecule has 1 heterocycles. The quantitative estimate of drug-likeness (QED) is 0.841. The van der Waals surface area contributed by atoms with Crippen LogP contribution in [0.25, 0.3) is 0 Å². The molecule has 0 aromatic rings. The molecule has 0 aromatic heterocycles. The first kappa shape index (κ1) is 16.5. The number of alkyl halides is 3. The van der Waals surface area contributed by atoms with Crippen LogP contribution in [0.1, 0.15) is 6.92 Å². The van der Waals surface area contributed by atoms with Crippen molar-refractivity contribution < 1.29 is 32.6 Å². The molecule has 1 rings (SSSR count). The lowest BCUT2D eigenvalue weighted by Gasteiger charge is -2.33. The van der Waals surface area contributed by atoms with Crippen molar-refractivity contribution in [3.63, 3.8) is 0 Å². The van der Waals surface area contributed by atoms with Crippen LogP contribution in [-0.4, -0.2) is 72.5 Å². The molecule has 1 aliphatic rings. The van der Waals surface area contributed by atoms with Gasteiger partial charge in [0.2, 0.25) is 0 Å². The van der Waals surface area contributed by atoms with Crippen molar-refractivity contribution >= 4 is 12.0 Å². The zero-order valence-electron chi connectivity index (χ0n) is 11.2. The van der Waals surface area contributed by atoms with Crippen LogP contribution in [0.15, 0.2) is 0 Å². The third-order valence-electron chi connectivity index (χ3n) is 3.10. The fourth-order valence-corrected chi connectivity index (χ4v) is 2.15. The maximum absolute atomic E-state index is 12.3. The van der Waals surface area contributed by atoms with Crippen LogP contribution < -0.4 is 0 Å². The van der Waals surface area contributed by atoms with Gasteiger partial charge in [0, 0.05) is 13.6 Å². The second-order valence-corrected chi connectivity index (χ2v) is 4.59. The average molecular weight is 298 g/mol. The minimum Gasteiger partial charge on any atom is -0.481 e. The van der Waals surface area contributed by atoms with E-state index >= 15 is 0 Å². The summed E-state index contributed by atoms with van der Waals surface area (Å²) in [5.41, 5.74) is 0. The second-order valence-electron chi connectivity index (χ2n) is 4.59. The molecule has 0 saturated carbocycles. The van der Waals surface area contributed by atoms with Crippen molar-refractivity contribution in [3.8, 4) is 0 Å². The molecule has 0 bridgehead atoms. The Bertz CT molecular complexity index is 375. The Labute approximate surface area is 114 Å². The normalized spacial score (nSPS) is 22.6. The summed E-state index contributed by atoms with van der Waals surface area (Å²) in [5.74, 6) is -2.05. The summed E-state index contributed by atoms with van der Waals surface area (Å²) in [6, 6.07) is -1.60. The number of amides is 2. The van der Waals surface area contributed by atoms with E-state index in [4.69, 9.17) is 9.84 Å². The molecule has 0 aromatic carbocycles. The van der Waals surface area contributed by atoms with Gasteiger partial charge in [0.15, 0.2) is 0 Å². The average Bonchev–Trinajstić information content (AvgIpc) is 2.76. The van der Waals surface area contributed by atoms with E-state index < -0.39 is 36.7 Å². The maximum Gasteiger partial charge on any atom is 0.406 e. The van der Waals surface area contributed by atoms with Crippen LogP contribution >= 0.6 is 0 Å². The number of nitrogens with zero attached hydrogens (tertiary/aromatic N) is 2. The first-order chi connectivity index (χ1) is 9.17. The fourth-order valence-electron chi connectivity index (χ4n) is 2.15. The summed E-state index contributed by atoms with van der Waals surface area (Å²) in [5, 5.41) is 9.02. The Kier molecular flexibility index (Phi) is 5.21. The van der Waals surface area contributed by atoms with Crippen molar-refractivity contribution in [1.82, 2.24) is 9.80 Å². The Hall–Kier alpha value is -1.51. The largest absolute Gasteiger partial charge is 0.481 e. The van der Waals surface area contributed by atoms with Gasteiger partial charge < -0.3 is 19.6 Å². The fraction of sp³-hybridized carbons (Fsp3) is 0.818. The molecule has 0 spiro atoms. The van der Waals surface area contributed by atoms with E-state index in [1.807, 2.05) is 0 Å². The van der Waals surface area contributed by atoms with E-state index in [2.05, 4.69) is 0 Å². The van der Waals surface area contributed by atoms with Gasteiger partial charge in [0.05, 0.1) is 19.3 Å². The number of carboxylic acid groups (broad SMARTS) is 1. The highest BCUT2D eigenvalue weighted by molar-refractivity contribution is 5.77. The van der Waals surface area contributed by atoms with Crippen LogP contribution in [0.2, 0.25) is 0 Å². The number of hydrogen-bond donors (Lipinski definition) is 1. The zero-order chi connectivity index (χ0) is 15.5. The highest BCUT2D eigenvalue weighted by Crippen LogP contribution is 2.22. The van der Waals surface area contributed by atoms with E-state index in [0.29, 0.717) is 4.90 Å². The van der Waals surface area contributed by atoms with Crippen LogP contribution in [0.4, 0.5) is 18.0 Å². The minimum atomic E-state index is -4.50. The lowest BCUT2D eigenvalue weighted by atomic mass is 10.0. The predicted octanol–water partition coefficient (Wildman–Crippen LogP) is 1.02. The zero-order valence-corrected chi connectivity index (χ0v) is 11.2. The lowest BCUT2D eigenvalue weighted by Crippen LogP contribution is -2.52. The van der Waals surface area contributed by atoms with Crippen molar-refractivity contribution in [2.24, 2.45) is 5.92 Å². The maximum atomic E-state index is 12.3. The monoisotopic (exact) mass is 298 g/mol. The highest BCUT2D eigenvalue weighted by Gasteiger charge is 2.41. The summed E-state index contributed by atoms with van der Waals surface area (Å²) >= 11 is 0. The summed E-state index contributed by atoms with van der Waals surface area (Å²) in [7, 11) is 1.03. The van der Waals surface area contributed by atoms with Crippen molar-refractivity contribution in [2.75, 3.05) is 33.4 Å². The number of hydrogen-bond acceptors (Lipinski definition) is 3. The Morgan fingerprint density at radius 2 is 1.95 bits per heavy atom. The minimum absolute atomic E-state index is 0.0103. The number of carbonyl (C=O) groups is 2. The molecule has 1 N–H and O–H groups in total. The molecule has 20 heavy (non-hydrogen) atoms. The summed E-state index contributed by atoms with van der Waals surface area (Å²) in [6.45, 7) is 0.270. The number of rotatable bonds is 4. The molecular weight excluding hydrogens is 281 g/mol. The number of carboxylic acids is 1. The third-order valence-corrected chi connectivity index (χ3v) is 3.10. The molecule has 116 valence electrons. The standard InChI is InChI=1S/C11H17F3N2O4/c1-3-16(8-5-20-4-7(8)9(17)18)10(19)15(2)6-11(12,13)14/h7-8H,3-6H2,1-2H3,(H,17,18). The van der Waals surface area contributed by atoms with E-state index in [1.54, 1.807) is 6.92 Å². The predicted molar refractivity (Wildman–Crippen MR) is 62.2 cm³/mol. The van der Waals surface area contributed by atoms with Gasteiger partial charge in [-0.05, 0) is 6.92 Å². The molecule has 1 fully saturated rings. The molecule has 0 radical (unpaired) electrons. The van der Waals surface area contributed by atoms with Crippen molar-refractivity contribution in [2.45, 2.75) is 19.1 Å². The van der Waals surface area contributed by atoms with Crippen LogP contribution in [0, 0.1) is 5.92 Å². The van der Waals surface area contributed by atoms with Crippen molar-refractivity contribution in [1.29, 1.82) is 0 Å². The smallest absolute Gasteiger partial charge is 0.406 e. The van der Waals surface area contributed by atoms with Gasteiger partial charge in [0.1, 0.15) is 12.5 Å². The van der Waals surface area contributed by atoms with Crippen LogP contribution in [-0.2, 0) is 9.53 Å². The number of urea groups is 1. The van der Waals surface area contributed by atoms with Gasteiger partial charge in [-0.15, -0.1) is 0 Å². The van der Waals surface area contributed by atoms with Crippen molar-refractivity contribution in [3.05, 3.63) is 0 Å². The van der Waals surface area contributed by atoms with E-state index in [-0.39, 0.29) is 19.8 Å². The summed E-state index contributed by atoms with van der Waals surface area (Å²) in [4.78, 5) is 24.7. The molecule has 2 unspecified atom stereocenters. The van der Waals surface area contributed by atoms with Gasteiger partial charge in [-0.3, -0.25) is 4.79 Å². The van der Waals surface area contributed by atoms with Crippen LogP contribution in [0.5, 0.6) is 0 Å². The molecule has 9 heteroatoms. The number of likely N-dealkylation sites (N-methyl/N-ethyl adjacent to an activating group) is 1. The van der Waals surface area contributed by atoms with E-state index in [9.17, 15) is 22.8 Å². The van der Waals surface area contributed by atoms with Gasteiger partial charge in [-0.25, -0.2) is 4.79 Å². The first-order valence-electron chi connectivity index (χ1n) is 6.06. The van der Waals surface area contributed by atoms with E-state index in [0.717, 1.165) is 11.9 Å². The molecule has 6 nitrogen and oxygen atoms in total. The molecule has 1 saturated heterocycles. The Morgan fingerprint density at radius 1 is 1.35 bits per heavy atom. The SMILES string of the molecule is CCN(C(=O)N(C)CC(F)(F)F)C1COCC1C(=O)O. The van der Waals surface area contributed by atoms with Gasteiger partial charge >= 0.3 is 18.2 Å². The summed E-state index contributed by atoms with van der Waals surface area (Å²) < 4.78 is 41.9. The molecule has 0 aliphatic carbocycles. The van der Waals surface area contributed by atoms with Crippen LogP contribution in [0.3, 0.4) is 0 Å². The highest BCUT2D eigenvalue weighted by atomic mass is 19.4. The summed E-state index contributed by atoms with van der Waals surface area (Å²) in [6.07, 6.45) is -4.50. The molecular formula is C11H17F3N2O4. The molecule has 2 atom stereocenters. The number of aliphatic carboxylic acids is 1. The van der Waals surface area contributed by atoms with Gasteiger partial charge in [0.25, 0.3) is 0 Å². The third kappa shape index (κ3) is 3.99. The number of ether oxygens (including phenoxy) is 1. The van der Waals surface area contributed by atoms with Gasteiger partial charge in [-0.1, -0.05) is 0 Å². The Balaban J connectivity index is 2.79. The Morgan fingerprint density at radius 3 is 2.40 bits per heavy atom.